The first-order valence-electron chi connectivity index (χ1n) is 4.84. The number of carbonyl (C=O) groups is 1. The topological polar surface area (TPSA) is 84.6 Å². The van der Waals surface area contributed by atoms with E-state index in [-0.39, 0.29) is 11.8 Å². The van der Waals surface area contributed by atoms with Crippen molar-refractivity contribution in [3.63, 3.8) is 0 Å². The van der Waals surface area contributed by atoms with Crippen LogP contribution in [-0.2, 0) is 9.53 Å². The second-order valence-electron chi connectivity index (χ2n) is 3.96. The first-order valence-corrected chi connectivity index (χ1v) is 4.84. The number of nitrogens with one attached hydrogen (secondary N) is 1. The lowest BCUT2D eigenvalue weighted by Gasteiger charge is -2.21. The SMILES string of the molecule is CC(CNCC1(O)CCOC1)C(N)=O. The summed E-state index contributed by atoms with van der Waals surface area (Å²) in [6.45, 7) is 3.67. The molecule has 0 bridgehead atoms. The fraction of sp³-hybridized carbons (Fsp3) is 0.889. The summed E-state index contributed by atoms with van der Waals surface area (Å²) in [4.78, 5) is 10.7. The molecule has 5 nitrogen and oxygen atoms in total. The molecule has 1 heterocycles. The van der Waals surface area contributed by atoms with Crippen molar-refractivity contribution < 1.29 is 14.6 Å². The van der Waals surface area contributed by atoms with Crippen LogP contribution >= 0.6 is 0 Å². The molecule has 1 saturated heterocycles. The first kappa shape index (κ1) is 11.4. The lowest BCUT2D eigenvalue weighted by molar-refractivity contribution is -0.121. The van der Waals surface area contributed by atoms with Gasteiger partial charge in [-0.1, -0.05) is 6.92 Å². The standard InChI is InChI=1S/C9H18N2O3/c1-7(8(10)12)4-11-5-9(13)2-3-14-6-9/h7,11,13H,2-6H2,1H3,(H2,10,12). The predicted octanol–water partition coefficient (Wildman–Crippen LogP) is -1.15. The minimum absolute atomic E-state index is 0.207. The highest BCUT2D eigenvalue weighted by Crippen LogP contribution is 2.16. The maximum absolute atomic E-state index is 10.7. The minimum atomic E-state index is -0.767. The Morgan fingerprint density at radius 3 is 3.00 bits per heavy atom. The summed E-state index contributed by atoms with van der Waals surface area (Å²) < 4.78 is 5.08. The van der Waals surface area contributed by atoms with Gasteiger partial charge in [-0.25, -0.2) is 0 Å². The average Bonchev–Trinajstić information content (AvgIpc) is 2.52. The van der Waals surface area contributed by atoms with Gasteiger partial charge >= 0.3 is 0 Å². The van der Waals surface area contributed by atoms with Crippen LogP contribution in [0.3, 0.4) is 0 Å². The fourth-order valence-electron chi connectivity index (χ4n) is 1.36. The van der Waals surface area contributed by atoms with E-state index in [0.29, 0.717) is 32.7 Å². The van der Waals surface area contributed by atoms with Gasteiger partial charge < -0.3 is 20.9 Å². The Bertz CT molecular complexity index is 202. The van der Waals surface area contributed by atoms with E-state index < -0.39 is 5.60 Å². The van der Waals surface area contributed by atoms with Crippen LogP contribution in [-0.4, -0.2) is 42.9 Å². The highest BCUT2D eigenvalue weighted by Gasteiger charge is 2.31. The number of carbonyl (C=O) groups excluding carboxylic acids is 1. The molecule has 0 aromatic rings. The third-order valence-electron chi connectivity index (χ3n) is 2.47. The zero-order valence-electron chi connectivity index (χ0n) is 8.45. The molecule has 0 saturated carbocycles. The number of ether oxygens (including phenoxy) is 1. The van der Waals surface area contributed by atoms with Crippen LogP contribution in [0, 0.1) is 5.92 Å². The van der Waals surface area contributed by atoms with E-state index in [1.807, 2.05) is 0 Å². The third-order valence-corrected chi connectivity index (χ3v) is 2.47. The van der Waals surface area contributed by atoms with Crippen molar-refractivity contribution in [1.29, 1.82) is 0 Å². The van der Waals surface area contributed by atoms with Gasteiger partial charge in [-0.05, 0) is 0 Å². The molecule has 1 amide bonds. The van der Waals surface area contributed by atoms with E-state index >= 15 is 0 Å². The summed E-state index contributed by atoms with van der Waals surface area (Å²) in [5.41, 5.74) is 4.33. The minimum Gasteiger partial charge on any atom is -0.386 e. The van der Waals surface area contributed by atoms with Crippen LogP contribution in [0.1, 0.15) is 13.3 Å². The van der Waals surface area contributed by atoms with Crippen LogP contribution in [0.4, 0.5) is 0 Å². The summed E-state index contributed by atoms with van der Waals surface area (Å²) in [6.07, 6.45) is 0.644. The molecule has 2 unspecified atom stereocenters. The highest BCUT2D eigenvalue weighted by atomic mass is 16.5. The van der Waals surface area contributed by atoms with Crippen molar-refractivity contribution in [2.75, 3.05) is 26.3 Å². The number of amides is 1. The lowest BCUT2D eigenvalue weighted by atomic mass is 10.0. The number of rotatable bonds is 5. The fourth-order valence-corrected chi connectivity index (χ4v) is 1.36. The quantitative estimate of drug-likeness (QED) is 0.525. The second-order valence-corrected chi connectivity index (χ2v) is 3.96. The van der Waals surface area contributed by atoms with Crippen LogP contribution in [0.5, 0.6) is 0 Å². The molecule has 5 heteroatoms. The summed E-state index contributed by atoms with van der Waals surface area (Å²) >= 11 is 0. The third kappa shape index (κ3) is 3.25. The van der Waals surface area contributed by atoms with E-state index in [4.69, 9.17) is 10.5 Å². The van der Waals surface area contributed by atoms with Gasteiger partial charge in [-0.3, -0.25) is 4.79 Å². The molecule has 4 N–H and O–H groups in total. The zero-order valence-corrected chi connectivity index (χ0v) is 8.45. The maximum Gasteiger partial charge on any atom is 0.221 e. The van der Waals surface area contributed by atoms with Crippen molar-refractivity contribution in [2.45, 2.75) is 18.9 Å². The summed E-state index contributed by atoms with van der Waals surface area (Å²) in [6, 6.07) is 0. The number of aliphatic hydroxyl groups is 1. The van der Waals surface area contributed by atoms with Crippen molar-refractivity contribution in [3.8, 4) is 0 Å². The van der Waals surface area contributed by atoms with Crippen molar-refractivity contribution in [2.24, 2.45) is 11.7 Å². The van der Waals surface area contributed by atoms with Gasteiger partial charge in [0.05, 0.1) is 6.61 Å². The molecule has 82 valence electrons. The highest BCUT2D eigenvalue weighted by molar-refractivity contribution is 5.76. The smallest absolute Gasteiger partial charge is 0.221 e. The normalized spacial score (nSPS) is 29.0. The molecular weight excluding hydrogens is 184 g/mol. The Hall–Kier alpha value is -0.650. The first-order chi connectivity index (χ1) is 6.53. The molecule has 2 atom stereocenters. The van der Waals surface area contributed by atoms with Gasteiger partial charge in [0, 0.05) is 32.0 Å². The second kappa shape index (κ2) is 4.72. The summed E-state index contributed by atoms with van der Waals surface area (Å²) in [5.74, 6) is -0.534. The van der Waals surface area contributed by atoms with Gasteiger partial charge in [-0.2, -0.15) is 0 Å². The molecular formula is C9H18N2O3. The van der Waals surface area contributed by atoms with E-state index in [0.717, 1.165) is 0 Å². The van der Waals surface area contributed by atoms with E-state index in [2.05, 4.69) is 5.32 Å². The zero-order chi connectivity index (χ0) is 10.6. The van der Waals surface area contributed by atoms with Crippen LogP contribution in [0.2, 0.25) is 0 Å². The van der Waals surface area contributed by atoms with E-state index in [1.54, 1.807) is 6.92 Å². The van der Waals surface area contributed by atoms with Gasteiger partial charge in [-0.15, -0.1) is 0 Å². The van der Waals surface area contributed by atoms with Crippen molar-refractivity contribution in [1.82, 2.24) is 5.32 Å². The molecule has 1 fully saturated rings. The monoisotopic (exact) mass is 202 g/mol. The summed E-state index contributed by atoms with van der Waals surface area (Å²) in [7, 11) is 0. The Morgan fingerprint density at radius 1 is 1.79 bits per heavy atom. The maximum atomic E-state index is 10.7. The van der Waals surface area contributed by atoms with Gasteiger partial charge in [0.1, 0.15) is 5.60 Å². The molecule has 0 spiro atoms. The van der Waals surface area contributed by atoms with Crippen molar-refractivity contribution >= 4 is 5.91 Å². The molecule has 1 rings (SSSR count). The Labute approximate surface area is 83.6 Å². The van der Waals surface area contributed by atoms with E-state index in [1.165, 1.54) is 0 Å². The van der Waals surface area contributed by atoms with Crippen LogP contribution in [0.25, 0.3) is 0 Å². The number of nitrogens with two attached hydrogens (primary N) is 1. The largest absolute Gasteiger partial charge is 0.386 e. The molecule has 1 aliphatic heterocycles. The van der Waals surface area contributed by atoms with E-state index in [9.17, 15) is 9.90 Å². The molecule has 0 aromatic heterocycles. The van der Waals surface area contributed by atoms with Gasteiger partial charge in [0.2, 0.25) is 5.91 Å². The van der Waals surface area contributed by atoms with Gasteiger partial charge in [0.15, 0.2) is 0 Å². The number of hydrogen-bond acceptors (Lipinski definition) is 4. The Kier molecular flexibility index (Phi) is 3.86. The Balaban J connectivity index is 2.17. The molecule has 0 aromatic carbocycles. The lowest BCUT2D eigenvalue weighted by Crippen LogP contribution is -2.43. The molecule has 0 aliphatic carbocycles. The van der Waals surface area contributed by atoms with Crippen LogP contribution < -0.4 is 11.1 Å². The summed E-state index contributed by atoms with van der Waals surface area (Å²) in [5, 5.41) is 12.9. The van der Waals surface area contributed by atoms with Gasteiger partial charge in [0.25, 0.3) is 0 Å². The molecule has 14 heavy (non-hydrogen) atoms. The molecule has 0 radical (unpaired) electrons. The van der Waals surface area contributed by atoms with Crippen molar-refractivity contribution in [3.05, 3.63) is 0 Å². The molecule has 1 aliphatic rings. The average molecular weight is 202 g/mol. The predicted molar refractivity (Wildman–Crippen MR) is 51.6 cm³/mol. The van der Waals surface area contributed by atoms with Crippen LogP contribution in [0.15, 0.2) is 0 Å². The number of hydrogen-bond donors (Lipinski definition) is 3. The number of primary amides is 1. The Morgan fingerprint density at radius 2 is 2.50 bits per heavy atom.